The minimum atomic E-state index is -1.54. The Hall–Kier alpha value is 1.49. The standard InChI is InChI=1S/C14H23N3O10.Ca.3Na/c18-10(19)5-15(1-3-16(6-11(20)21)7-12(22)23)2-4-17(8-13(24)25)9-14(26)27;;;;/h1-9H2,(H,18,19)(H,20,21)(H,22,23)(H,24,25)(H,26,27);;;;/q;+2;3*+1/p-5. The van der Waals surface area contributed by atoms with Crippen LogP contribution in [0.15, 0.2) is 0 Å². The molecule has 0 radical (unpaired) electrons. The Labute approximate surface area is 275 Å². The number of hydrogen-bond donors (Lipinski definition) is 0. The number of hydrogen-bond acceptors (Lipinski definition) is 13. The van der Waals surface area contributed by atoms with Gasteiger partial charge in [-0.2, -0.15) is 0 Å². The summed E-state index contributed by atoms with van der Waals surface area (Å²) < 4.78 is 0. The first kappa shape index (κ1) is 42.6. The Balaban J connectivity index is -0.000000563. The number of nitrogens with zero attached hydrogens (tertiary/aromatic N) is 3. The molecule has 0 aromatic rings. The molecule has 0 rings (SSSR count). The maximum atomic E-state index is 10.8. The van der Waals surface area contributed by atoms with Crippen LogP contribution in [0.5, 0.6) is 0 Å². The van der Waals surface area contributed by atoms with Crippen molar-refractivity contribution in [3.63, 3.8) is 0 Å². The molecule has 0 aliphatic heterocycles. The average molecular weight is 497 g/mol. The van der Waals surface area contributed by atoms with Crippen LogP contribution in [0.3, 0.4) is 0 Å². The minimum absolute atomic E-state index is 0. The number of carbonyl (C=O) groups is 5. The quantitative estimate of drug-likeness (QED) is 0.182. The summed E-state index contributed by atoms with van der Waals surface area (Å²) in [4.78, 5) is 56.4. The first-order chi connectivity index (χ1) is 12.5. The van der Waals surface area contributed by atoms with Gasteiger partial charge >= 0.3 is 126 Å². The summed E-state index contributed by atoms with van der Waals surface area (Å²) in [7, 11) is 0. The van der Waals surface area contributed by atoms with Gasteiger partial charge in [-0.05, 0) is 0 Å². The Morgan fingerprint density at radius 2 is 0.581 bits per heavy atom. The van der Waals surface area contributed by atoms with Crippen molar-refractivity contribution >= 4 is 67.6 Å². The summed E-state index contributed by atoms with van der Waals surface area (Å²) in [5.41, 5.74) is 0. The van der Waals surface area contributed by atoms with Crippen molar-refractivity contribution in [3.05, 3.63) is 0 Å². The smallest absolute Gasteiger partial charge is 0.549 e. The second-order valence-corrected chi connectivity index (χ2v) is 5.56. The van der Waals surface area contributed by atoms with Crippen LogP contribution in [-0.4, -0.2) is 141 Å². The Morgan fingerprint density at radius 3 is 0.774 bits per heavy atom. The van der Waals surface area contributed by atoms with Gasteiger partial charge in [0.15, 0.2) is 0 Å². The van der Waals surface area contributed by atoms with Crippen LogP contribution in [0.1, 0.15) is 0 Å². The van der Waals surface area contributed by atoms with Gasteiger partial charge in [0.2, 0.25) is 0 Å². The zero-order valence-electron chi connectivity index (χ0n) is 18.0. The largest absolute Gasteiger partial charge is 2.00 e. The number of carbonyl (C=O) groups excluding carboxylic acids is 5. The van der Waals surface area contributed by atoms with Gasteiger partial charge in [0, 0.05) is 58.9 Å². The van der Waals surface area contributed by atoms with Crippen molar-refractivity contribution in [2.24, 2.45) is 0 Å². The van der Waals surface area contributed by atoms with E-state index in [1.165, 1.54) is 4.90 Å². The Bertz CT molecular complexity index is 502. The third-order valence-corrected chi connectivity index (χ3v) is 3.23. The minimum Gasteiger partial charge on any atom is -0.549 e. The molecule has 0 fully saturated rings. The molecule has 0 atom stereocenters. The molecule has 0 aromatic heterocycles. The van der Waals surface area contributed by atoms with Crippen molar-refractivity contribution in [1.82, 2.24) is 14.7 Å². The van der Waals surface area contributed by atoms with Gasteiger partial charge in [-0.15, -0.1) is 0 Å². The van der Waals surface area contributed by atoms with Gasteiger partial charge in [0.05, 0.1) is 29.8 Å². The summed E-state index contributed by atoms with van der Waals surface area (Å²) >= 11 is 0. The van der Waals surface area contributed by atoms with E-state index in [0.717, 1.165) is 9.80 Å². The predicted octanol–water partition coefficient (Wildman–Crippen LogP) is -18.7. The molecule has 0 spiro atoms. The summed E-state index contributed by atoms with van der Waals surface area (Å²) in [5, 5.41) is 53.3. The summed E-state index contributed by atoms with van der Waals surface area (Å²) in [5.74, 6) is -7.67. The predicted molar refractivity (Wildman–Crippen MR) is 80.1 cm³/mol. The molecule has 13 nitrogen and oxygen atoms in total. The van der Waals surface area contributed by atoms with Crippen molar-refractivity contribution < 1.29 is 138 Å². The van der Waals surface area contributed by atoms with E-state index in [0.29, 0.717) is 0 Å². The monoisotopic (exact) mass is 497 g/mol. The molecular formula is C14H18CaN3Na3O10. The first-order valence-corrected chi connectivity index (χ1v) is 7.66. The van der Waals surface area contributed by atoms with Crippen molar-refractivity contribution in [1.29, 1.82) is 0 Å². The third kappa shape index (κ3) is 27.6. The van der Waals surface area contributed by atoms with Crippen LogP contribution in [0.2, 0.25) is 0 Å². The van der Waals surface area contributed by atoms with Crippen LogP contribution in [-0.2, 0) is 24.0 Å². The van der Waals surface area contributed by atoms with E-state index >= 15 is 0 Å². The van der Waals surface area contributed by atoms with Crippen molar-refractivity contribution in [3.8, 4) is 0 Å². The molecule has 0 aliphatic carbocycles. The maximum absolute atomic E-state index is 10.8. The fourth-order valence-electron chi connectivity index (χ4n) is 2.18. The van der Waals surface area contributed by atoms with E-state index in [9.17, 15) is 49.5 Å². The number of rotatable bonds is 16. The first-order valence-electron chi connectivity index (χ1n) is 7.66. The zero-order chi connectivity index (χ0) is 21.0. The van der Waals surface area contributed by atoms with E-state index in [1.54, 1.807) is 0 Å². The van der Waals surface area contributed by atoms with Crippen LogP contribution in [0.25, 0.3) is 0 Å². The molecule has 0 aromatic carbocycles. The molecule has 0 N–H and O–H groups in total. The van der Waals surface area contributed by atoms with E-state index < -0.39 is 62.6 Å². The molecule has 0 bridgehead atoms. The van der Waals surface area contributed by atoms with Gasteiger partial charge < -0.3 is 49.5 Å². The van der Waals surface area contributed by atoms with Crippen LogP contribution in [0.4, 0.5) is 0 Å². The molecule has 154 valence electrons. The number of carboxylic acids is 5. The number of carboxylic acid groups (broad SMARTS) is 5. The van der Waals surface area contributed by atoms with Crippen LogP contribution < -0.4 is 114 Å². The molecule has 0 saturated carbocycles. The molecule has 0 unspecified atom stereocenters. The fourth-order valence-corrected chi connectivity index (χ4v) is 2.18. The zero-order valence-corrected chi connectivity index (χ0v) is 26.2. The second kappa shape index (κ2) is 24.6. The third-order valence-electron chi connectivity index (χ3n) is 3.23. The number of aliphatic carboxylic acids is 5. The molecule has 0 heterocycles. The molecule has 17 heteroatoms. The molecule has 31 heavy (non-hydrogen) atoms. The summed E-state index contributed by atoms with van der Waals surface area (Å²) in [6, 6.07) is 0. The van der Waals surface area contributed by atoms with E-state index in [-0.39, 0.29) is 153 Å². The molecular weight excluding hydrogens is 479 g/mol. The average Bonchev–Trinajstić information content (AvgIpc) is 2.46. The van der Waals surface area contributed by atoms with Gasteiger partial charge in [-0.1, -0.05) is 0 Å². The van der Waals surface area contributed by atoms with E-state index in [4.69, 9.17) is 0 Å². The summed E-state index contributed by atoms with van der Waals surface area (Å²) in [6.45, 7) is -4.16. The normalized spacial score (nSPS) is 9.65. The van der Waals surface area contributed by atoms with Gasteiger partial charge in [-0.25, -0.2) is 0 Å². The Morgan fingerprint density at radius 1 is 0.419 bits per heavy atom. The molecule has 0 amide bonds. The van der Waals surface area contributed by atoms with Gasteiger partial charge in [0.1, 0.15) is 0 Å². The van der Waals surface area contributed by atoms with E-state index in [2.05, 4.69) is 0 Å². The van der Waals surface area contributed by atoms with E-state index in [1.807, 2.05) is 0 Å². The van der Waals surface area contributed by atoms with Crippen LogP contribution >= 0.6 is 0 Å². The van der Waals surface area contributed by atoms with Gasteiger partial charge in [0.25, 0.3) is 0 Å². The molecule has 0 saturated heterocycles. The fraction of sp³-hybridized carbons (Fsp3) is 0.643. The summed E-state index contributed by atoms with van der Waals surface area (Å²) in [6.07, 6.45) is 0. The maximum Gasteiger partial charge on any atom is 2.00 e. The van der Waals surface area contributed by atoms with Gasteiger partial charge in [-0.3, -0.25) is 14.7 Å². The Kier molecular flexibility index (Phi) is 33.8. The SMILES string of the molecule is O=C([O-])CN(CCN(CC(=O)[O-])CC(=O)[O-])CCN(CC(=O)[O-])CC(=O)[O-].[Ca+2].[Na+].[Na+].[Na+]. The topological polar surface area (TPSA) is 210 Å². The van der Waals surface area contributed by atoms with Crippen LogP contribution in [0, 0.1) is 0 Å². The van der Waals surface area contributed by atoms with Crippen molar-refractivity contribution in [2.75, 3.05) is 58.9 Å². The van der Waals surface area contributed by atoms with Crippen molar-refractivity contribution in [2.45, 2.75) is 0 Å². The second-order valence-electron chi connectivity index (χ2n) is 5.56. The molecule has 0 aliphatic rings.